The Labute approximate surface area is 116 Å². The van der Waals surface area contributed by atoms with Crippen LogP contribution in [0.3, 0.4) is 0 Å². The first-order valence-electron chi connectivity index (χ1n) is 6.08. The second-order valence-corrected chi connectivity index (χ2v) is 6.38. The van der Waals surface area contributed by atoms with Crippen molar-refractivity contribution < 1.29 is 0 Å². The molecule has 0 aliphatic carbocycles. The zero-order valence-electron chi connectivity index (χ0n) is 10.2. The third kappa shape index (κ3) is 3.29. The van der Waals surface area contributed by atoms with Crippen LogP contribution < -0.4 is 5.73 Å². The Morgan fingerprint density at radius 1 is 1.41 bits per heavy atom. The molecule has 1 unspecified atom stereocenters. The first-order chi connectivity index (χ1) is 8.22. The number of hydrogen-bond acceptors (Lipinski definition) is 4. The predicted octanol–water partition coefficient (Wildman–Crippen LogP) is 2.15. The Kier molecular flexibility index (Phi) is 4.99. The van der Waals surface area contributed by atoms with E-state index < -0.39 is 0 Å². The van der Waals surface area contributed by atoms with Gasteiger partial charge in [-0.2, -0.15) is 0 Å². The van der Waals surface area contributed by atoms with E-state index in [4.69, 9.17) is 5.73 Å². The van der Waals surface area contributed by atoms with E-state index in [1.807, 2.05) is 0 Å². The van der Waals surface area contributed by atoms with Crippen molar-refractivity contribution in [2.75, 3.05) is 39.8 Å². The summed E-state index contributed by atoms with van der Waals surface area (Å²) < 4.78 is 1.20. The Bertz CT molecular complexity index is 355. The van der Waals surface area contributed by atoms with Gasteiger partial charge in [0.25, 0.3) is 0 Å². The molecule has 2 heterocycles. The van der Waals surface area contributed by atoms with Gasteiger partial charge < -0.3 is 10.6 Å². The smallest absolute Gasteiger partial charge is 0.0576 e. The lowest BCUT2D eigenvalue weighted by molar-refractivity contribution is 0.210. The number of nitrogens with zero attached hydrogens (tertiary/aromatic N) is 2. The summed E-state index contributed by atoms with van der Waals surface area (Å²) in [6, 6.07) is 2.49. The van der Waals surface area contributed by atoms with Crippen LogP contribution in [0.15, 0.2) is 15.9 Å². The van der Waals surface area contributed by atoms with Gasteiger partial charge in [-0.05, 0) is 47.4 Å². The van der Waals surface area contributed by atoms with E-state index in [1.165, 1.54) is 22.3 Å². The van der Waals surface area contributed by atoms with Crippen molar-refractivity contribution in [2.24, 2.45) is 5.73 Å². The Morgan fingerprint density at radius 3 is 2.88 bits per heavy atom. The minimum Gasteiger partial charge on any atom is -0.329 e. The summed E-state index contributed by atoms with van der Waals surface area (Å²) in [7, 11) is 2.20. The summed E-state index contributed by atoms with van der Waals surface area (Å²) >= 11 is 5.42. The fourth-order valence-electron chi connectivity index (χ4n) is 2.34. The minimum absolute atomic E-state index is 0.371. The Balaban J connectivity index is 2.10. The molecule has 0 spiro atoms. The topological polar surface area (TPSA) is 32.5 Å². The van der Waals surface area contributed by atoms with Crippen molar-refractivity contribution in [3.63, 3.8) is 0 Å². The van der Waals surface area contributed by atoms with Crippen LogP contribution in [0.1, 0.15) is 17.3 Å². The lowest BCUT2D eigenvalue weighted by Crippen LogP contribution is -2.36. The van der Waals surface area contributed by atoms with Gasteiger partial charge in [0.05, 0.1) is 6.04 Å². The normalized spacial score (nSPS) is 21.4. The average molecular weight is 318 g/mol. The zero-order chi connectivity index (χ0) is 12.3. The second kappa shape index (κ2) is 6.29. The number of rotatable bonds is 3. The molecule has 0 saturated carbocycles. The quantitative estimate of drug-likeness (QED) is 0.927. The first-order valence-corrected chi connectivity index (χ1v) is 7.75. The first kappa shape index (κ1) is 13.5. The van der Waals surface area contributed by atoms with Crippen molar-refractivity contribution in [1.82, 2.24) is 9.80 Å². The third-order valence-corrected chi connectivity index (χ3v) is 5.34. The molecule has 17 heavy (non-hydrogen) atoms. The molecule has 0 amide bonds. The molecule has 1 fully saturated rings. The van der Waals surface area contributed by atoms with E-state index >= 15 is 0 Å². The maximum Gasteiger partial charge on any atom is 0.0576 e. The Hall–Kier alpha value is 0.0600. The zero-order valence-corrected chi connectivity index (χ0v) is 12.6. The number of hydrogen-bond donors (Lipinski definition) is 1. The van der Waals surface area contributed by atoms with E-state index in [0.717, 1.165) is 19.6 Å². The second-order valence-electron chi connectivity index (χ2n) is 4.58. The van der Waals surface area contributed by atoms with Crippen LogP contribution in [0.4, 0.5) is 0 Å². The van der Waals surface area contributed by atoms with Crippen LogP contribution in [-0.4, -0.2) is 49.6 Å². The van der Waals surface area contributed by atoms with Crippen LogP contribution in [0.2, 0.25) is 0 Å². The molecular formula is C12H20BrN3S. The molecule has 1 aliphatic heterocycles. The lowest BCUT2D eigenvalue weighted by atomic mass is 10.2. The summed E-state index contributed by atoms with van der Waals surface area (Å²) in [4.78, 5) is 6.30. The van der Waals surface area contributed by atoms with E-state index in [1.54, 1.807) is 11.3 Å². The molecule has 1 aliphatic rings. The highest BCUT2D eigenvalue weighted by atomic mass is 79.9. The molecule has 1 saturated heterocycles. The third-order valence-electron chi connectivity index (χ3n) is 3.37. The van der Waals surface area contributed by atoms with Gasteiger partial charge in [0.2, 0.25) is 0 Å². The largest absolute Gasteiger partial charge is 0.329 e. The SMILES string of the molecule is CN1CCCN(C(CN)c2sccc2Br)CC1. The van der Waals surface area contributed by atoms with Crippen LogP contribution in [0, 0.1) is 0 Å². The highest BCUT2D eigenvalue weighted by Gasteiger charge is 2.23. The van der Waals surface area contributed by atoms with Gasteiger partial charge in [-0.25, -0.2) is 0 Å². The van der Waals surface area contributed by atoms with Gasteiger partial charge in [0, 0.05) is 35.5 Å². The van der Waals surface area contributed by atoms with Gasteiger partial charge in [-0.3, -0.25) is 4.90 Å². The fraction of sp³-hybridized carbons (Fsp3) is 0.667. The summed E-state index contributed by atoms with van der Waals surface area (Å²) in [5, 5.41) is 2.13. The summed E-state index contributed by atoms with van der Waals surface area (Å²) in [5.74, 6) is 0. The number of nitrogens with two attached hydrogens (primary N) is 1. The van der Waals surface area contributed by atoms with Crippen molar-refractivity contribution in [3.05, 3.63) is 20.8 Å². The van der Waals surface area contributed by atoms with Crippen molar-refractivity contribution >= 4 is 27.3 Å². The van der Waals surface area contributed by atoms with Crippen molar-refractivity contribution in [1.29, 1.82) is 0 Å². The van der Waals surface area contributed by atoms with Crippen LogP contribution >= 0.6 is 27.3 Å². The maximum atomic E-state index is 5.98. The van der Waals surface area contributed by atoms with Crippen LogP contribution in [-0.2, 0) is 0 Å². The van der Waals surface area contributed by atoms with Gasteiger partial charge >= 0.3 is 0 Å². The molecule has 3 nitrogen and oxygen atoms in total. The molecular weight excluding hydrogens is 298 g/mol. The average Bonchev–Trinajstić information content (AvgIpc) is 2.60. The van der Waals surface area contributed by atoms with Gasteiger partial charge in [-0.1, -0.05) is 0 Å². The maximum absolute atomic E-state index is 5.98. The molecule has 0 radical (unpaired) electrons. The van der Waals surface area contributed by atoms with Gasteiger partial charge in [-0.15, -0.1) is 11.3 Å². The van der Waals surface area contributed by atoms with E-state index in [0.29, 0.717) is 12.6 Å². The van der Waals surface area contributed by atoms with E-state index in [-0.39, 0.29) is 0 Å². The molecule has 1 atom stereocenters. The molecule has 1 aromatic heterocycles. The fourth-order valence-corrected chi connectivity index (χ4v) is 4.13. The standard InChI is InChI=1S/C12H20BrN3S/c1-15-4-2-5-16(7-6-15)11(9-14)12-10(13)3-8-17-12/h3,8,11H,2,4-7,9,14H2,1H3. The lowest BCUT2D eigenvalue weighted by Gasteiger charge is -2.29. The molecule has 1 aromatic rings. The van der Waals surface area contributed by atoms with Gasteiger partial charge in [0.15, 0.2) is 0 Å². The minimum atomic E-state index is 0.371. The molecule has 2 rings (SSSR count). The molecule has 0 bridgehead atoms. The number of likely N-dealkylation sites (N-methyl/N-ethyl adjacent to an activating group) is 1. The molecule has 2 N–H and O–H groups in total. The van der Waals surface area contributed by atoms with E-state index in [9.17, 15) is 0 Å². The van der Waals surface area contributed by atoms with Crippen LogP contribution in [0.5, 0.6) is 0 Å². The summed E-state index contributed by atoms with van der Waals surface area (Å²) in [6.45, 7) is 5.29. The monoisotopic (exact) mass is 317 g/mol. The highest BCUT2D eigenvalue weighted by molar-refractivity contribution is 9.10. The molecule has 0 aromatic carbocycles. The highest BCUT2D eigenvalue weighted by Crippen LogP contribution is 2.32. The van der Waals surface area contributed by atoms with Gasteiger partial charge in [0.1, 0.15) is 0 Å². The summed E-state index contributed by atoms with van der Waals surface area (Å²) in [5.41, 5.74) is 5.98. The van der Waals surface area contributed by atoms with Crippen molar-refractivity contribution in [2.45, 2.75) is 12.5 Å². The summed E-state index contributed by atoms with van der Waals surface area (Å²) in [6.07, 6.45) is 1.23. The Morgan fingerprint density at radius 2 is 2.24 bits per heavy atom. The van der Waals surface area contributed by atoms with Crippen molar-refractivity contribution in [3.8, 4) is 0 Å². The number of halogens is 1. The van der Waals surface area contributed by atoms with Crippen LogP contribution in [0.25, 0.3) is 0 Å². The predicted molar refractivity (Wildman–Crippen MR) is 77.5 cm³/mol. The molecule has 96 valence electrons. The molecule has 5 heteroatoms. The number of thiophene rings is 1. The van der Waals surface area contributed by atoms with E-state index in [2.05, 4.69) is 44.2 Å².